The zero-order chi connectivity index (χ0) is 20.0. The second-order valence-corrected chi connectivity index (χ2v) is 7.42. The first kappa shape index (κ1) is 19.0. The highest BCUT2D eigenvalue weighted by atomic mass is 16.4. The number of carbonyl (C=O) groups is 3. The van der Waals surface area contributed by atoms with Gasteiger partial charge in [0, 0.05) is 17.2 Å². The van der Waals surface area contributed by atoms with Gasteiger partial charge in [-0.1, -0.05) is 5.57 Å². The molecule has 1 fully saturated rings. The SMILES string of the molecule is CC1=C(CC/C=N/NC(=O)NC(=O)O)C2=C(C)C3(CC3)[C@](C)(O)C(=O)C2=C1. The standard InChI is InChI=1S/C19H23N3O5/c1-10-9-13-14(11(2)19(6-7-19)18(3,27)15(13)23)12(10)5-4-8-20-22-16(24)21-17(25)26/h8-9,27H,4-7H2,1-3H3,(H,25,26)(H2,21,22,24)/b20-8+/t18-/m1/s1. The van der Waals surface area contributed by atoms with Crippen molar-refractivity contribution in [3.63, 3.8) is 0 Å². The molecule has 0 radical (unpaired) electrons. The van der Waals surface area contributed by atoms with Crippen molar-refractivity contribution < 1.29 is 24.6 Å². The number of allylic oxidation sites excluding steroid dienone is 4. The number of hydrazone groups is 1. The predicted molar refractivity (Wildman–Crippen MR) is 98.2 cm³/mol. The fourth-order valence-electron chi connectivity index (χ4n) is 4.24. The monoisotopic (exact) mass is 373 g/mol. The van der Waals surface area contributed by atoms with E-state index in [4.69, 9.17) is 5.11 Å². The molecule has 8 nitrogen and oxygen atoms in total. The van der Waals surface area contributed by atoms with Crippen LogP contribution in [0.2, 0.25) is 0 Å². The Morgan fingerprint density at radius 2 is 2.00 bits per heavy atom. The molecule has 4 N–H and O–H groups in total. The van der Waals surface area contributed by atoms with Crippen LogP contribution in [0.3, 0.4) is 0 Å². The molecule has 0 aliphatic heterocycles. The van der Waals surface area contributed by atoms with Crippen molar-refractivity contribution in [2.45, 2.75) is 52.1 Å². The largest absolute Gasteiger partial charge is 0.465 e. The number of nitrogens with zero attached hydrogens (tertiary/aromatic N) is 1. The number of carboxylic acid groups (broad SMARTS) is 1. The molecular weight excluding hydrogens is 350 g/mol. The second kappa shape index (κ2) is 6.45. The Kier molecular flexibility index (Phi) is 4.55. The van der Waals surface area contributed by atoms with E-state index in [-0.39, 0.29) is 5.78 Å². The van der Waals surface area contributed by atoms with Gasteiger partial charge in [0.25, 0.3) is 0 Å². The first-order valence-electron chi connectivity index (χ1n) is 8.84. The van der Waals surface area contributed by atoms with Crippen molar-refractivity contribution >= 4 is 24.1 Å². The number of nitrogens with one attached hydrogen (secondary N) is 2. The van der Waals surface area contributed by atoms with Crippen molar-refractivity contribution in [1.29, 1.82) is 0 Å². The Bertz CT molecular complexity index is 857. The maximum Gasteiger partial charge on any atom is 0.412 e. The minimum Gasteiger partial charge on any atom is -0.465 e. The quantitative estimate of drug-likeness (QED) is 0.444. The van der Waals surface area contributed by atoms with Crippen molar-refractivity contribution in [3.05, 3.63) is 33.9 Å². The fraction of sp³-hybridized carbons (Fsp3) is 0.474. The van der Waals surface area contributed by atoms with Crippen LogP contribution in [0, 0.1) is 5.41 Å². The van der Waals surface area contributed by atoms with E-state index >= 15 is 0 Å². The summed E-state index contributed by atoms with van der Waals surface area (Å²) in [6.45, 7) is 5.57. The smallest absolute Gasteiger partial charge is 0.412 e. The molecule has 3 amide bonds. The van der Waals surface area contributed by atoms with Gasteiger partial charge < -0.3 is 10.2 Å². The van der Waals surface area contributed by atoms with Gasteiger partial charge in [-0.3, -0.25) is 4.79 Å². The summed E-state index contributed by atoms with van der Waals surface area (Å²) in [6.07, 6.45) is 4.63. The third-order valence-electron chi connectivity index (χ3n) is 5.87. The van der Waals surface area contributed by atoms with Crippen LogP contribution >= 0.6 is 0 Å². The van der Waals surface area contributed by atoms with E-state index in [9.17, 15) is 19.5 Å². The molecule has 144 valence electrons. The number of aliphatic hydroxyl groups is 1. The molecule has 27 heavy (non-hydrogen) atoms. The van der Waals surface area contributed by atoms with E-state index in [2.05, 4.69) is 10.5 Å². The van der Waals surface area contributed by atoms with Crippen LogP contribution < -0.4 is 10.7 Å². The van der Waals surface area contributed by atoms with Gasteiger partial charge in [-0.15, -0.1) is 0 Å². The number of hydrogen-bond acceptors (Lipinski definition) is 5. The normalized spacial score (nSPS) is 25.8. The molecule has 0 bridgehead atoms. The number of fused-ring (bicyclic) bond motifs is 1. The highest BCUT2D eigenvalue weighted by Crippen LogP contribution is 2.65. The average Bonchev–Trinajstić information content (AvgIpc) is 3.32. The molecule has 0 heterocycles. The zero-order valence-electron chi connectivity index (χ0n) is 15.5. The van der Waals surface area contributed by atoms with E-state index in [1.54, 1.807) is 12.2 Å². The zero-order valence-corrected chi connectivity index (χ0v) is 15.5. The first-order chi connectivity index (χ1) is 12.6. The van der Waals surface area contributed by atoms with Gasteiger partial charge in [0.15, 0.2) is 5.78 Å². The Hall–Kier alpha value is -2.74. The van der Waals surface area contributed by atoms with Gasteiger partial charge in [0.2, 0.25) is 0 Å². The lowest BCUT2D eigenvalue weighted by Crippen LogP contribution is -2.49. The molecule has 1 spiro atoms. The molecule has 0 saturated heterocycles. The van der Waals surface area contributed by atoms with Crippen LogP contribution in [0.1, 0.15) is 46.5 Å². The maximum atomic E-state index is 12.9. The van der Waals surface area contributed by atoms with Gasteiger partial charge >= 0.3 is 12.1 Å². The van der Waals surface area contributed by atoms with Crippen LogP contribution in [-0.4, -0.2) is 39.9 Å². The van der Waals surface area contributed by atoms with Crippen molar-refractivity contribution in [2.75, 3.05) is 0 Å². The summed E-state index contributed by atoms with van der Waals surface area (Å²) in [5.74, 6) is -0.212. The first-order valence-corrected chi connectivity index (χ1v) is 8.84. The topological polar surface area (TPSA) is 128 Å². The number of urea groups is 1. The molecular formula is C19H23N3O5. The Morgan fingerprint density at radius 3 is 2.59 bits per heavy atom. The summed E-state index contributed by atoms with van der Waals surface area (Å²) >= 11 is 0. The van der Waals surface area contributed by atoms with Crippen LogP contribution in [0.25, 0.3) is 0 Å². The van der Waals surface area contributed by atoms with Crippen LogP contribution in [0.4, 0.5) is 9.59 Å². The van der Waals surface area contributed by atoms with Gasteiger partial charge in [-0.2, -0.15) is 5.10 Å². The lowest BCUT2D eigenvalue weighted by Gasteiger charge is -2.39. The number of ketones is 1. The predicted octanol–water partition coefficient (Wildman–Crippen LogP) is 2.42. The van der Waals surface area contributed by atoms with Crippen molar-refractivity contribution in [3.8, 4) is 0 Å². The van der Waals surface area contributed by atoms with Crippen LogP contribution in [0.15, 0.2) is 39.0 Å². The Morgan fingerprint density at radius 1 is 1.33 bits per heavy atom. The molecule has 0 aromatic carbocycles. The molecule has 3 aliphatic carbocycles. The molecule has 8 heteroatoms. The van der Waals surface area contributed by atoms with Gasteiger partial charge in [-0.05, 0) is 69.2 Å². The molecule has 0 aromatic heterocycles. The average molecular weight is 373 g/mol. The van der Waals surface area contributed by atoms with E-state index in [0.717, 1.165) is 35.1 Å². The summed E-state index contributed by atoms with van der Waals surface area (Å²) in [7, 11) is 0. The third kappa shape index (κ3) is 2.99. The number of rotatable bonds is 4. The second-order valence-electron chi connectivity index (χ2n) is 7.42. The summed E-state index contributed by atoms with van der Waals surface area (Å²) in [4.78, 5) is 34.3. The number of Topliss-reactive ketones (excluding diaryl/α,β-unsaturated/α-hetero) is 1. The van der Waals surface area contributed by atoms with E-state index < -0.39 is 23.1 Å². The number of hydrogen-bond donors (Lipinski definition) is 4. The van der Waals surface area contributed by atoms with Gasteiger partial charge in [0.05, 0.1) is 0 Å². The number of imide groups is 1. The van der Waals surface area contributed by atoms with Crippen LogP contribution in [0.5, 0.6) is 0 Å². The fourth-order valence-corrected chi connectivity index (χ4v) is 4.24. The Labute approximate surface area is 156 Å². The van der Waals surface area contributed by atoms with E-state index in [0.29, 0.717) is 18.4 Å². The summed E-state index contributed by atoms with van der Waals surface area (Å²) < 4.78 is 0. The number of amides is 3. The lowest BCUT2D eigenvalue weighted by atomic mass is 9.67. The van der Waals surface area contributed by atoms with Crippen molar-refractivity contribution in [1.82, 2.24) is 10.7 Å². The highest BCUT2D eigenvalue weighted by molar-refractivity contribution is 6.10. The maximum absolute atomic E-state index is 12.9. The van der Waals surface area contributed by atoms with E-state index in [1.165, 1.54) is 6.21 Å². The minimum atomic E-state index is -1.46. The van der Waals surface area contributed by atoms with Crippen molar-refractivity contribution in [2.24, 2.45) is 10.5 Å². The number of carbonyl (C=O) groups excluding carboxylic acids is 2. The third-order valence-corrected chi connectivity index (χ3v) is 5.87. The highest BCUT2D eigenvalue weighted by Gasteiger charge is 2.64. The lowest BCUT2D eigenvalue weighted by molar-refractivity contribution is -0.137. The minimum absolute atomic E-state index is 0.212. The summed E-state index contributed by atoms with van der Waals surface area (Å²) in [5.41, 5.74) is 4.91. The summed E-state index contributed by atoms with van der Waals surface area (Å²) in [5, 5.41) is 24.6. The molecule has 3 aliphatic rings. The van der Waals surface area contributed by atoms with Crippen LogP contribution in [-0.2, 0) is 4.79 Å². The molecule has 3 rings (SSSR count). The van der Waals surface area contributed by atoms with Gasteiger partial charge in [-0.25, -0.2) is 20.3 Å². The van der Waals surface area contributed by atoms with E-state index in [1.807, 2.05) is 19.9 Å². The Balaban J connectivity index is 1.72. The van der Waals surface area contributed by atoms with Gasteiger partial charge in [0.1, 0.15) is 5.60 Å². The molecule has 0 aromatic rings. The molecule has 0 unspecified atom stereocenters. The summed E-state index contributed by atoms with van der Waals surface area (Å²) in [6, 6.07) is -0.923. The molecule has 1 saturated carbocycles. The molecule has 1 atom stereocenters.